The molecule has 2 heterocycles. The number of rotatable bonds is 6. The highest BCUT2D eigenvalue weighted by atomic mass is 16.6. The van der Waals surface area contributed by atoms with Crippen molar-refractivity contribution >= 4 is 17.5 Å². The standard InChI is InChI=1S/C12H21N5O5/c1-14-6-9(16-12(13)17-10(6)20)15-11-7(19)8(21-2)5(22-11)3-4-18/h5,7-8,11,14,18-19H,3-4H2,1-2H3,(H4,13,15,16,17,20). The molecule has 22 heavy (non-hydrogen) atoms. The molecular formula is C12H21N5O5. The molecule has 1 aliphatic rings. The molecule has 4 unspecified atom stereocenters. The molecule has 0 radical (unpaired) electrons. The second-order valence-corrected chi connectivity index (χ2v) is 4.87. The van der Waals surface area contributed by atoms with Gasteiger partial charge < -0.3 is 36.1 Å². The second-order valence-electron chi connectivity index (χ2n) is 4.87. The number of hydrogen-bond acceptors (Lipinski definition) is 9. The fraction of sp³-hybridized carbons (Fsp3) is 0.667. The van der Waals surface area contributed by atoms with Crippen LogP contribution in [0.2, 0.25) is 0 Å². The van der Waals surface area contributed by atoms with Crippen molar-refractivity contribution in [3.8, 4) is 0 Å². The molecule has 1 aromatic heterocycles. The number of aliphatic hydroxyl groups is 2. The lowest BCUT2D eigenvalue weighted by Gasteiger charge is -2.19. The number of aliphatic hydroxyl groups excluding tert-OH is 2. The Morgan fingerprint density at radius 1 is 1.55 bits per heavy atom. The SMILES string of the molecule is CNc1c(NC2OC(CCO)C(OC)C2O)nc(N)[nH]c1=O. The lowest BCUT2D eigenvalue weighted by Crippen LogP contribution is -2.38. The highest BCUT2D eigenvalue weighted by molar-refractivity contribution is 5.64. The van der Waals surface area contributed by atoms with Gasteiger partial charge in [0.25, 0.3) is 5.56 Å². The summed E-state index contributed by atoms with van der Waals surface area (Å²) in [6.07, 6.45) is -2.59. The third-order valence-electron chi connectivity index (χ3n) is 3.49. The van der Waals surface area contributed by atoms with E-state index in [1.807, 2.05) is 0 Å². The molecule has 10 nitrogen and oxygen atoms in total. The Kier molecular flexibility index (Phi) is 5.19. The molecule has 1 aromatic rings. The first kappa shape index (κ1) is 16.5. The predicted octanol–water partition coefficient (Wildman–Crippen LogP) is -1.71. The van der Waals surface area contributed by atoms with E-state index in [-0.39, 0.29) is 24.1 Å². The monoisotopic (exact) mass is 315 g/mol. The third-order valence-corrected chi connectivity index (χ3v) is 3.49. The highest BCUT2D eigenvalue weighted by Crippen LogP contribution is 2.27. The largest absolute Gasteiger partial charge is 0.396 e. The summed E-state index contributed by atoms with van der Waals surface area (Å²) in [4.78, 5) is 18.2. The van der Waals surface area contributed by atoms with E-state index in [0.29, 0.717) is 6.42 Å². The van der Waals surface area contributed by atoms with Gasteiger partial charge in [0.1, 0.15) is 17.9 Å². The van der Waals surface area contributed by atoms with E-state index in [0.717, 1.165) is 0 Å². The number of nitrogen functional groups attached to an aromatic ring is 1. The lowest BCUT2D eigenvalue weighted by atomic mass is 10.1. The Labute approximate surface area is 126 Å². The van der Waals surface area contributed by atoms with Crippen LogP contribution in [0.15, 0.2) is 4.79 Å². The first-order valence-corrected chi connectivity index (χ1v) is 6.83. The molecule has 1 fully saturated rings. The van der Waals surface area contributed by atoms with Crippen molar-refractivity contribution in [2.24, 2.45) is 0 Å². The molecule has 0 spiro atoms. The van der Waals surface area contributed by atoms with E-state index < -0.39 is 30.1 Å². The zero-order valence-corrected chi connectivity index (χ0v) is 12.4. The average molecular weight is 315 g/mol. The third kappa shape index (κ3) is 3.14. The normalized spacial score (nSPS) is 27.8. The van der Waals surface area contributed by atoms with Gasteiger partial charge in [-0.2, -0.15) is 4.98 Å². The van der Waals surface area contributed by atoms with Crippen molar-refractivity contribution in [1.29, 1.82) is 0 Å². The summed E-state index contributed by atoms with van der Waals surface area (Å²) in [5.74, 6) is 0.0986. The minimum Gasteiger partial charge on any atom is -0.396 e. The van der Waals surface area contributed by atoms with Gasteiger partial charge in [0, 0.05) is 20.8 Å². The maximum absolute atomic E-state index is 11.8. The number of nitrogens with two attached hydrogens (primary N) is 1. The van der Waals surface area contributed by atoms with E-state index in [1.54, 1.807) is 7.05 Å². The summed E-state index contributed by atoms with van der Waals surface area (Å²) < 4.78 is 10.8. The predicted molar refractivity (Wildman–Crippen MR) is 79.6 cm³/mol. The van der Waals surface area contributed by atoms with Crippen molar-refractivity contribution in [3.05, 3.63) is 10.4 Å². The summed E-state index contributed by atoms with van der Waals surface area (Å²) >= 11 is 0. The molecule has 124 valence electrons. The van der Waals surface area contributed by atoms with E-state index in [1.165, 1.54) is 7.11 Å². The second kappa shape index (κ2) is 6.92. The van der Waals surface area contributed by atoms with E-state index in [4.69, 9.17) is 20.3 Å². The summed E-state index contributed by atoms with van der Waals surface area (Å²) in [6.45, 7) is -0.0953. The van der Waals surface area contributed by atoms with Crippen LogP contribution in [0.5, 0.6) is 0 Å². The Morgan fingerprint density at radius 3 is 2.86 bits per heavy atom. The Hall–Kier alpha value is -1.88. The van der Waals surface area contributed by atoms with Crippen LogP contribution in [0.1, 0.15) is 6.42 Å². The fourth-order valence-electron chi connectivity index (χ4n) is 2.47. The topological polar surface area (TPSA) is 155 Å². The van der Waals surface area contributed by atoms with Crippen molar-refractivity contribution in [2.45, 2.75) is 31.0 Å². The van der Waals surface area contributed by atoms with Gasteiger partial charge in [0.2, 0.25) is 5.95 Å². The summed E-state index contributed by atoms with van der Waals surface area (Å²) in [5, 5.41) is 24.8. The van der Waals surface area contributed by atoms with Gasteiger partial charge in [0.05, 0.1) is 6.10 Å². The number of methoxy groups -OCH3 is 1. The highest BCUT2D eigenvalue weighted by Gasteiger charge is 2.44. The maximum atomic E-state index is 11.8. The van der Waals surface area contributed by atoms with Gasteiger partial charge in [-0.3, -0.25) is 9.78 Å². The van der Waals surface area contributed by atoms with Crippen LogP contribution < -0.4 is 21.9 Å². The number of anilines is 3. The van der Waals surface area contributed by atoms with Crippen molar-refractivity contribution in [1.82, 2.24) is 9.97 Å². The number of ether oxygens (including phenoxy) is 2. The summed E-state index contributed by atoms with van der Waals surface area (Å²) in [6, 6.07) is 0. The molecule has 0 saturated carbocycles. The van der Waals surface area contributed by atoms with Crippen molar-refractivity contribution < 1.29 is 19.7 Å². The van der Waals surface area contributed by atoms with Gasteiger partial charge in [-0.1, -0.05) is 0 Å². The molecule has 0 aliphatic carbocycles. The lowest BCUT2D eigenvalue weighted by molar-refractivity contribution is -0.0192. The van der Waals surface area contributed by atoms with Crippen LogP contribution in [0.25, 0.3) is 0 Å². The van der Waals surface area contributed by atoms with Gasteiger partial charge in [-0.25, -0.2) is 0 Å². The van der Waals surface area contributed by atoms with Crippen LogP contribution in [0, 0.1) is 0 Å². The Balaban J connectivity index is 2.22. The zero-order chi connectivity index (χ0) is 16.3. The first-order chi connectivity index (χ1) is 10.5. The van der Waals surface area contributed by atoms with Crippen molar-refractivity contribution in [3.63, 3.8) is 0 Å². The first-order valence-electron chi connectivity index (χ1n) is 6.83. The number of nitrogens with one attached hydrogen (secondary N) is 3. The maximum Gasteiger partial charge on any atom is 0.277 e. The quantitative estimate of drug-likeness (QED) is 0.360. The molecular weight excluding hydrogens is 294 g/mol. The molecule has 0 aromatic carbocycles. The minimum absolute atomic E-state index is 0.0609. The molecule has 1 aliphatic heterocycles. The molecule has 0 bridgehead atoms. The van der Waals surface area contributed by atoms with Crippen molar-refractivity contribution in [2.75, 3.05) is 37.1 Å². The number of aromatic nitrogens is 2. The Bertz CT molecular complexity index is 565. The Morgan fingerprint density at radius 2 is 2.27 bits per heavy atom. The van der Waals surface area contributed by atoms with Gasteiger partial charge in [-0.05, 0) is 6.42 Å². The van der Waals surface area contributed by atoms with Gasteiger partial charge in [0.15, 0.2) is 12.0 Å². The number of hydrogen-bond donors (Lipinski definition) is 6. The molecule has 2 rings (SSSR count). The zero-order valence-electron chi connectivity index (χ0n) is 12.4. The van der Waals surface area contributed by atoms with E-state index in [9.17, 15) is 9.90 Å². The van der Waals surface area contributed by atoms with E-state index in [2.05, 4.69) is 20.6 Å². The molecule has 7 N–H and O–H groups in total. The molecule has 0 amide bonds. The fourth-order valence-corrected chi connectivity index (χ4v) is 2.47. The molecule has 1 saturated heterocycles. The number of nitrogens with zero attached hydrogens (tertiary/aromatic N) is 1. The van der Waals surface area contributed by atoms with Crippen LogP contribution >= 0.6 is 0 Å². The van der Waals surface area contributed by atoms with Crippen LogP contribution in [-0.2, 0) is 9.47 Å². The summed E-state index contributed by atoms with van der Waals surface area (Å²) in [5.41, 5.74) is 5.25. The van der Waals surface area contributed by atoms with Crippen LogP contribution in [0.4, 0.5) is 17.5 Å². The smallest absolute Gasteiger partial charge is 0.277 e. The van der Waals surface area contributed by atoms with Gasteiger partial charge in [-0.15, -0.1) is 0 Å². The molecule has 10 heteroatoms. The van der Waals surface area contributed by atoms with E-state index >= 15 is 0 Å². The number of H-pyrrole nitrogens is 1. The average Bonchev–Trinajstić information content (AvgIpc) is 2.74. The van der Waals surface area contributed by atoms with Gasteiger partial charge >= 0.3 is 0 Å². The van der Waals surface area contributed by atoms with Crippen LogP contribution in [0.3, 0.4) is 0 Å². The summed E-state index contributed by atoms with van der Waals surface area (Å²) in [7, 11) is 3.01. The van der Waals surface area contributed by atoms with Crippen LogP contribution in [-0.4, -0.2) is 65.5 Å². The number of aromatic amines is 1. The molecule has 4 atom stereocenters. The minimum atomic E-state index is -0.992.